The highest BCUT2D eigenvalue weighted by atomic mass is 32.2. The Morgan fingerprint density at radius 1 is 1.21 bits per heavy atom. The summed E-state index contributed by atoms with van der Waals surface area (Å²) in [6.07, 6.45) is 5.07. The lowest BCUT2D eigenvalue weighted by molar-refractivity contribution is 0.159. The minimum Gasteiger partial charge on any atom is -0.357 e. The third-order valence-electron chi connectivity index (χ3n) is 5.32. The first-order valence-corrected chi connectivity index (χ1v) is 12.1. The molecule has 0 spiro atoms. The molecule has 1 aliphatic rings. The number of guanidine groups is 1. The number of benzene rings is 1. The zero-order valence-corrected chi connectivity index (χ0v) is 19.1. The normalized spacial score (nSPS) is 18.8. The van der Waals surface area contributed by atoms with E-state index in [1.807, 2.05) is 19.1 Å². The molecule has 1 aromatic rings. The van der Waals surface area contributed by atoms with Crippen molar-refractivity contribution in [3.05, 3.63) is 29.8 Å². The molecule has 0 aliphatic carbocycles. The third kappa shape index (κ3) is 7.28. The molecule has 2 N–H and O–H groups in total. The van der Waals surface area contributed by atoms with Crippen molar-refractivity contribution in [1.82, 2.24) is 19.8 Å². The molecular formula is C21H37N5O2S. The Morgan fingerprint density at radius 3 is 2.55 bits per heavy atom. The number of nitrogens with zero attached hydrogens (tertiary/aromatic N) is 3. The molecule has 1 saturated heterocycles. The van der Waals surface area contributed by atoms with E-state index in [1.165, 1.54) is 44.2 Å². The van der Waals surface area contributed by atoms with Crippen LogP contribution in [0.4, 0.5) is 0 Å². The van der Waals surface area contributed by atoms with Crippen LogP contribution in [0.2, 0.25) is 0 Å². The van der Waals surface area contributed by atoms with Gasteiger partial charge in [0.2, 0.25) is 10.0 Å². The highest BCUT2D eigenvalue weighted by Gasteiger charge is 2.17. The first-order chi connectivity index (χ1) is 13.8. The molecule has 1 aliphatic heterocycles. The first kappa shape index (κ1) is 23.6. The van der Waals surface area contributed by atoms with E-state index in [4.69, 9.17) is 0 Å². The molecule has 1 atom stereocenters. The lowest BCUT2D eigenvalue weighted by atomic mass is 10.0. The number of rotatable bonds is 9. The molecule has 1 aromatic carbocycles. The van der Waals surface area contributed by atoms with Gasteiger partial charge in [-0.2, -0.15) is 0 Å². The molecule has 0 bridgehead atoms. The summed E-state index contributed by atoms with van der Waals surface area (Å²) in [5.74, 6) is 0.796. The van der Waals surface area contributed by atoms with Gasteiger partial charge in [-0.05, 0) is 57.4 Å². The monoisotopic (exact) mass is 423 g/mol. The van der Waals surface area contributed by atoms with Crippen LogP contribution in [0.5, 0.6) is 0 Å². The van der Waals surface area contributed by atoms with E-state index < -0.39 is 10.0 Å². The number of piperidine rings is 1. The van der Waals surface area contributed by atoms with Gasteiger partial charge < -0.3 is 15.5 Å². The van der Waals surface area contributed by atoms with E-state index in [0.717, 1.165) is 37.6 Å². The minimum atomic E-state index is -3.39. The van der Waals surface area contributed by atoms with Crippen molar-refractivity contribution in [3.63, 3.8) is 0 Å². The predicted octanol–water partition coefficient (Wildman–Crippen LogP) is 2.26. The molecule has 1 unspecified atom stereocenters. The van der Waals surface area contributed by atoms with Crippen LogP contribution in [-0.2, 0) is 16.6 Å². The lowest BCUT2D eigenvalue weighted by Gasteiger charge is -2.33. The van der Waals surface area contributed by atoms with Gasteiger partial charge in [-0.1, -0.05) is 18.6 Å². The maximum absolute atomic E-state index is 12.2. The molecule has 1 fully saturated rings. The van der Waals surface area contributed by atoms with Crippen molar-refractivity contribution in [1.29, 1.82) is 0 Å². The van der Waals surface area contributed by atoms with Crippen LogP contribution in [0.1, 0.15) is 45.1 Å². The van der Waals surface area contributed by atoms with Crippen LogP contribution >= 0.6 is 0 Å². The van der Waals surface area contributed by atoms with E-state index in [9.17, 15) is 8.42 Å². The van der Waals surface area contributed by atoms with E-state index >= 15 is 0 Å². The summed E-state index contributed by atoms with van der Waals surface area (Å²) in [7, 11) is -0.322. The lowest BCUT2D eigenvalue weighted by Crippen LogP contribution is -2.41. The van der Waals surface area contributed by atoms with E-state index in [1.54, 1.807) is 12.1 Å². The standard InChI is InChI=1S/C21H37N5O2S/c1-5-22-21(23-14-8-16-26-15-7-6-9-18(26)2)24-17-19-10-12-20(13-11-19)29(27,28)25(3)4/h10-13,18H,5-9,14-17H2,1-4H3,(H2,22,23,24). The molecule has 0 radical (unpaired) electrons. The van der Waals surface area contributed by atoms with Crippen molar-refractivity contribution in [2.24, 2.45) is 4.99 Å². The third-order valence-corrected chi connectivity index (χ3v) is 7.15. The van der Waals surface area contributed by atoms with Gasteiger partial charge in [0.05, 0.1) is 11.4 Å². The van der Waals surface area contributed by atoms with Crippen LogP contribution in [0, 0.1) is 0 Å². The molecule has 0 aromatic heterocycles. The van der Waals surface area contributed by atoms with Gasteiger partial charge in [0.15, 0.2) is 5.96 Å². The molecule has 7 nitrogen and oxygen atoms in total. The Hall–Kier alpha value is -1.64. The van der Waals surface area contributed by atoms with Crippen LogP contribution in [-0.4, -0.2) is 69.9 Å². The van der Waals surface area contributed by atoms with Gasteiger partial charge in [-0.15, -0.1) is 0 Å². The van der Waals surface area contributed by atoms with Gasteiger partial charge >= 0.3 is 0 Å². The molecular weight excluding hydrogens is 386 g/mol. The Morgan fingerprint density at radius 2 is 1.93 bits per heavy atom. The first-order valence-electron chi connectivity index (χ1n) is 10.6. The maximum Gasteiger partial charge on any atom is 0.242 e. The van der Waals surface area contributed by atoms with Crippen molar-refractivity contribution >= 4 is 16.0 Å². The van der Waals surface area contributed by atoms with Crippen LogP contribution < -0.4 is 10.6 Å². The fourth-order valence-corrected chi connectivity index (χ4v) is 4.37. The van der Waals surface area contributed by atoms with Gasteiger partial charge in [0.1, 0.15) is 0 Å². The smallest absolute Gasteiger partial charge is 0.242 e. The van der Waals surface area contributed by atoms with Crippen molar-refractivity contribution in [3.8, 4) is 0 Å². The van der Waals surface area contributed by atoms with Gasteiger partial charge in [-0.3, -0.25) is 0 Å². The number of hydrogen-bond donors (Lipinski definition) is 2. The Labute approximate surface area is 176 Å². The van der Waals surface area contributed by atoms with E-state index in [-0.39, 0.29) is 0 Å². The highest BCUT2D eigenvalue weighted by Crippen LogP contribution is 2.16. The summed E-state index contributed by atoms with van der Waals surface area (Å²) < 4.78 is 25.5. The van der Waals surface area contributed by atoms with Crippen LogP contribution in [0.15, 0.2) is 34.2 Å². The Bertz CT molecular complexity index is 747. The predicted molar refractivity (Wildman–Crippen MR) is 120 cm³/mol. The van der Waals surface area contributed by atoms with E-state index in [0.29, 0.717) is 17.5 Å². The summed E-state index contributed by atoms with van der Waals surface area (Å²) in [4.78, 5) is 7.51. The van der Waals surface area contributed by atoms with Crippen molar-refractivity contribution < 1.29 is 8.42 Å². The Balaban J connectivity index is 1.85. The second-order valence-electron chi connectivity index (χ2n) is 7.79. The second-order valence-corrected chi connectivity index (χ2v) is 9.94. The summed E-state index contributed by atoms with van der Waals surface area (Å²) in [5.41, 5.74) is 0.974. The average molecular weight is 424 g/mol. The SMILES string of the molecule is CCNC(=NCc1ccc(S(=O)(=O)N(C)C)cc1)NCCCN1CCCCC1C. The molecule has 1 heterocycles. The zero-order valence-electron chi connectivity index (χ0n) is 18.3. The van der Waals surface area contributed by atoms with E-state index in [2.05, 4.69) is 27.4 Å². The zero-order chi connectivity index (χ0) is 21.3. The molecule has 0 saturated carbocycles. The molecule has 8 heteroatoms. The number of sulfonamides is 1. The quantitative estimate of drug-likeness (QED) is 0.362. The molecule has 29 heavy (non-hydrogen) atoms. The van der Waals surface area contributed by atoms with Crippen molar-refractivity contribution in [2.45, 2.75) is 57.0 Å². The molecule has 2 rings (SSSR count). The maximum atomic E-state index is 12.2. The fraction of sp³-hybridized carbons (Fsp3) is 0.667. The van der Waals surface area contributed by atoms with Gasteiger partial charge in [0, 0.05) is 39.8 Å². The highest BCUT2D eigenvalue weighted by molar-refractivity contribution is 7.89. The summed E-state index contributed by atoms with van der Waals surface area (Å²) in [6, 6.07) is 7.62. The van der Waals surface area contributed by atoms with Gasteiger partial charge in [-0.25, -0.2) is 17.7 Å². The minimum absolute atomic E-state index is 0.298. The molecule has 0 amide bonds. The summed E-state index contributed by atoms with van der Waals surface area (Å²) >= 11 is 0. The Kier molecular flexibility index (Phi) is 9.39. The number of nitrogens with one attached hydrogen (secondary N) is 2. The number of hydrogen-bond acceptors (Lipinski definition) is 4. The number of aliphatic imine (C=N–C) groups is 1. The molecule has 164 valence electrons. The second kappa shape index (κ2) is 11.5. The van der Waals surface area contributed by atoms with Crippen LogP contribution in [0.3, 0.4) is 0 Å². The van der Waals surface area contributed by atoms with Gasteiger partial charge in [0.25, 0.3) is 0 Å². The summed E-state index contributed by atoms with van der Waals surface area (Å²) in [5, 5.41) is 6.68. The largest absolute Gasteiger partial charge is 0.357 e. The summed E-state index contributed by atoms with van der Waals surface area (Å²) in [6.45, 7) is 8.90. The fourth-order valence-electron chi connectivity index (χ4n) is 3.47. The topological polar surface area (TPSA) is 77.0 Å². The van der Waals surface area contributed by atoms with Crippen molar-refractivity contribution in [2.75, 3.05) is 40.3 Å². The van der Waals surface area contributed by atoms with Crippen LogP contribution in [0.25, 0.3) is 0 Å². The number of likely N-dealkylation sites (tertiary alicyclic amines) is 1. The average Bonchev–Trinajstić information content (AvgIpc) is 2.70.